The molecule has 1 rings (SSSR count). The van der Waals surface area contributed by atoms with E-state index in [1.54, 1.807) is 7.05 Å². The number of alkyl halides is 1. The molecule has 9 heavy (non-hydrogen) atoms. The fraction of sp³-hybridized carbons (Fsp3) is 0.800. The summed E-state index contributed by atoms with van der Waals surface area (Å²) in [4.78, 5) is 3.98. The second-order valence-corrected chi connectivity index (χ2v) is 2.43. The Hall–Kier alpha value is -0.280. The lowest BCUT2D eigenvalue weighted by Gasteiger charge is -2.20. The summed E-state index contributed by atoms with van der Waals surface area (Å²) < 4.78 is 0. The van der Waals surface area contributed by atoms with E-state index in [4.69, 9.17) is 11.6 Å². The van der Waals surface area contributed by atoms with Crippen LogP contribution in [-0.4, -0.2) is 25.1 Å². The van der Waals surface area contributed by atoms with Crippen molar-refractivity contribution < 1.29 is 0 Å². The molecule has 0 aromatic heterocycles. The van der Waals surface area contributed by atoms with E-state index >= 15 is 0 Å². The third-order valence-corrected chi connectivity index (χ3v) is 1.57. The van der Waals surface area contributed by atoms with Gasteiger partial charge >= 0.3 is 0 Å². The second-order valence-electron chi connectivity index (χ2n) is 1.90. The van der Waals surface area contributed by atoms with Gasteiger partial charge in [-0.1, -0.05) is 0 Å². The first-order chi connectivity index (χ1) is 4.33. The fourth-order valence-electron chi connectivity index (χ4n) is 0.748. The van der Waals surface area contributed by atoms with Gasteiger partial charge in [0.2, 0.25) is 0 Å². The summed E-state index contributed by atoms with van der Waals surface area (Å²) in [7, 11) is 1.76. The van der Waals surface area contributed by atoms with Gasteiger partial charge in [-0.3, -0.25) is 10.3 Å². The quantitative estimate of drug-likeness (QED) is 0.377. The van der Waals surface area contributed by atoms with E-state index in [0.717, 1.165) is 18.9 Å². The first-order valence-corrected chi connectivity index (χ1v) is 3.33. The van der Waals surface area contributed by atoms with Gasteiger partial charge in [0.05, 0.1) is 18.0 Å². The molecule has 1 saturated heterocycles. The molecule has 1 fully saturated rings. The van der Waals surface area contributed by atoms with Crippen molar-refractivity contribution in [2.75, 3.05) is 13.7 Å². The average Bonchev–Trinajstić information content (AvgIpc) is 1.88. The Morgan fingerprint density at radius 1 is 1.78 bits per heavy atom. The van der Waals surface area contributed by atoms with Crippen LogP contribution in [0.5, 0.6) is 0 Å². The summed E-state index contributed by atoms with van der Waals surface area (Å²) in [6, 6.07) is 0. The van der Waals surface area contributed by atoms with Crippen molar-refractivity contribution in [3.63, 3.8) is 0 Å². The van der Waals surface area contributed by atoms with Crippen LogP contribution in [0.2, 0.25) is 0 Å². The molecule has 0 aromatic carbocycles. The molecule has 1 aliphatic heterocycles. The van der Waals surface area contributed by atoms with Crippen LogP contribution in [0.15, 0.2) is 4.99 Å². The van der Waals surface area contributed by atoms with Crippen molar-refractivity contribution in [2.24, 2.45) is 4.99 Å². The fourth-order valence-corrected chi connectivity index (χ4v) is 0.972. The minimum absolute atomic E-state index is 0.0462. The Kier molecular flexibility index (Phi) is 2.30. The molecule has 52 valence electrons. The number of hydrogen-bond donors (Lipinski definition) is 2. The van der Waals surface area contributed by atoms with Crippen molar-refractivity contribution in [1.82, 2.24) is 10.6 Å². The lowest BCUT2D eigenvalue weighted by molar-refractivity contribution is 0.586. The Bertz CT molecular complexity index is 123. The van der Waals surface area contributed by atoms with Gasteiger partial charge in [0, 0.05) is 13.5 Å². The third-order valence-electron chi connectivity index (χ3n) is 1.26. The molecule has 1 atom stereocenters. The van der Waals surface area contributed by atoms with Crippen LogP contribution in [0.25, 0.3) is 0 Å². The first kappa shape index (κ1) is 6.83. The molecule has 0 saturated carbocycles. The van der Waals surface area contributed by atoms with Crippen LogP contribution in [0.4, 0.5) is 0 Å². The van der Waals surface area contributed by atoms with E-state index < -0.39 is 0 Å². The van der Waals surface area contributed by atoms with E-state index in [1.165, 1.54) is 0 Å². The summed E-state index contributed by atoms with van der Waals surface area (Å²) in [6.07, 6.45) is 0.790. The Morgan fingerprint density at radius 3 is 3.00 bits per heavy atom. The second kappa shape index (κ2) is 3.03. The van der Waals surface area contributed by atoms with Crippen molar-refractivity contribution in [3.8, 4) is 0 Å². The number of halogens is 1. The van der Waals surface area contributed by atoms with Gasteiger partial charge in [0.15, 0.2) is 0 Å². The van der Waals surface area contributed by atoms with Crippen molar-refractivity contribution in [2.45, 2.75) is 11.9 Å². The van der Waals surface area contributed by atoms with E-state index in [9.17, 15) is 0 Å². The molecule has 0 aromatic rings. The molecule has 3 nitrogen and oxygen atoms in total. The van der Waals surface area contributed by atoms with E-state index in [1.807, 2.05) is 0 Å². The lowest BCUT2D eigenvalue weighted by atomic mass is 10.3. The first-order valence-electron chi connectivity index (χ1n) is 2.90. The van der Waals surface area contributed by atoms with Crippen LogP contribution in [-0.2, 0) is 0 Å². The summed E-state index contributed by atoms with van der Waals surface area (Å²) in [5, 5.41) is 6.07. The average molecular weight is 148 g/mol. The monoisotopic (exact) mass is 147 g/mol. The summed E-state index contributed by atoms with van der Waals surface area (Å²) >= 11 is 5.76. The molecule has 1 aliphatic rings. The number of amidine groups is 1. The highest BCUT2D eigenvalue weighted by Gasteiger charge is 2.12. The molecule has 2 N–H and O–H groups in total. The van der Waals surface area contributed by atoms with Gasteiger partial charge in [-0.05, 0) is 0 Å². The molecule has 1 unspecified atom stereocenters. The summed E-state index contributed by atoms with van der Waals surface area (Å²) in [5.41, 5.74) is 0.0462. The van der Waals surface area contributed by atoms with Crippen molar-refractivity contribution >= 4 is 17.4 Å². The van der Waals surface area contributed by atoms with Gasteiger partial charge in [0.25, 0.3) is 0 Å². The standard InChI is InChI=1S/C5H10ClN3/c1-7-5-2-4(6)8-3-9-5/h4,8H,2-3H2,1H3,(H,7,9). The minimum atomic E-state index is 0.0462. The number of rotatable bonds is 0. The van der Waals surface area contributed by atoms with Crippen LogP contribution in [0.3, 0.4) is 0 Å². The van der Waals surface area contributed by atoms with Gasteiger partial charge in [0.1, 0.15) is 0 Å². The molecule has 1 heterocycles. The molecule has 0 aliphatic carbocycles. The molecular weight excluding hydrogens is 138 g/mol. The molecule has 0 spiro atoms. The van der Waals surface area contributed by atoms with Crippen LogP contribution < -0.4 is 10.6 Å². The number of aliphatic imine (C=N–C) groups is 1. The highest BCUT2D eigenvalue weighted by atomic mass is 35.5. The summed E-state index contributed by atoms with van der Waals surface area (Å²) in [5.74, 6) is 0.980. The van der Waals surface area contributed by atoms with Crippen LogP contribution in [0.1, 0.15) is 6.42 Å². The molecule has 4 heteroatoms. The number of hydrogen-bond acceptors (Lipinski definition) is 2. The van der Waals surface area contributed by atoms with Crippen LogP contribution >= 0.6 is 11.6 Å². The minimum Gasteiger partial charge on any atom is -0.361 e. The van der Waals surface area contributed by atoms with Crippen molar-refractivity contribution in [3.05, 3.63) is 0 Å². The van der Waals surface area contributed by atoms with Gasteiger partial charge in [-0.15, -0.1) is 11.6 Å². The van der Waals surface area contributed by atoms with Gasteiger partial charge in [-0.25, -0.2) is 0 Å². The SMILES string of the molecule is CN=C1CC(Cl)NCN1. The maximum atomic E-state index is 5.76. The molecular formula is C5H10ClN3. The predicted molar refractivity (Wildman–Crippen MR) is 38.8 cm³/mol. The number of nitrogens with zero attached hydrogens (tertiary/aromatic N) is 1. The maximum Gasteiger partial charge on any atom is 0.0997 e. The van der Waals surface area contributed by atoms with E-state index in [0.29, 0.717) is 0 Å². The predicted octanol–water partition coefficient (Wildman–Crippen LogP) is 0.120. The normalized spacial score (nSPS) is 32.2. The smallest absolute Gasteiger partial charge is 0.0997 e. The zero-order chi connectivity index (χ0) is 6.69. The number of nitrogens with one attached hydrogen (secondary N) is 2. The topological polar surface area (TPSA) is 36.4 Å². The Labute approximate surface area is 59.5 Å². The molecule has 0 radical (unpaired) electrons. The molecule has 0 amide bonds. The highest BCUT2D eigenvalue weighted by Crippen LogP contribution is 2.00. The zero-order valence-electron chi connectivity index (χ0n) is 5.32. The summed E-state index contributed by atoms with van der Waals surface area (Å²) in [6.45, 7) is 0.723. The van der Waals surface area contributed by atoms with E-state index in [2.05, 4.69) is 15.6 Å². The van der Waals surface area contributed by atoms with Crippen molar-refractivity contribution in [1.29, 1.82) is 0 Å². The largest absolute Gasteiger partial charge is 0.361 e. The van der Waals surface area contributed by atoms with Gasteiger partial charge < -0.3 is 5.32 Å². The van der Waals surface area contributed by atoms with Gasteiger partial charge in [-0.2, -0.15) is 0 Å². The Morgan fingerprint density at radius 2 is 2.56 bits per heavy atom. The molecule has 0 bridgehead atoms. The lowest BCUT2D eigenvalue weighted by Crippen LogP contribution is -2.45. The Balaban J connectivity index is 2.41. The highest BCUT2D eigenvalue weighted by molar-refractivity contribution is 6.21. The third kappa shape index (κ3) is 1.84. The zero-order valence-corrected chi connectivity index (χ0v) is 6.07. The van der Waals surface area contributed by atoms with E-state index in [-0.39, 0.29) is 5.50 Å². The maximum absolute atomic E-state index is 5.76. The van der Waals surface area contributed by atoms with Crippen LogP contribution in [0, 0.1) is 0 Å².